The number of rotatable bonds is 5. The number of nitrogens with zero attached hydrogens (tertiary/aromatic N) is 3. The van der Waals surface area contributed by atoms with Crippen molar-refractivity contribution in [1.82, 2.24) is 14.5 Å². The highest BCUT2D eigenvalue weighted by Crippen LogP contribution is 2.20. The molecule has 19 heavy (non-hydrogen) atoms. The van der Waals surface area contributed by atoms with Gasteiger partial charge < -0.3 is 20.0 Å². The molecule has 6 nitrogen and oxygen atoms in total. The highest BCUT2D eigenvalue weighted by molar-refractivity contribution is 5.78. The second-order valence-corrected chi connectivity index (χ2v) is 4.33. The minimum absolute atomic E-state index is 0.534. The van der Waals surface area contributed by atoms with E-state index in [2.05, 4.69) is 15.3 Å². The van der Waals surface area contributed by atoms with Crippen LogP contribution in [0.5, 0.6) is 0 Å². The summed E-state index contributed by atoms with van der Waals surface area (Å²) in [5.41, 5.74) is 7.90. The Kier molecular flexibility index (Phi) is 3.06. The van der Waals surface area contributed by atoms with Crippen LogP contribution in [0.4, 0.5) is 11.7 Å². The van der Waals surface area contributed by atoms with Gasteiger partial charge in [-0.25, -0.2) is 4.98 Å². The molecule has 2 aromatic heterocycles. The molecule has 0 unspecified atom stereocenters. The van der Waals surface area contributed by atoms with Crippen molar-refractivity contribution in [2.45, 2.75) is 13.0 Å². The first-order valence-electron chi connectivity index (χ1n) is 6.17. The van der Waals surface area contributed by atoms with Crippen LogP contribution in [0.2, 0.25) is 0 Å². The molecule has 0 radical (unpaired) electrons. The Morgan fingerprint density at radius 1 is 1.37 bits per heavy atom. The molecule has 3 N–H and O–H groups in total. The molecule has 3 rings (SSSR count). The first-order valence-corrected chi connectivity index (χ1v) is 6.17. The SMILES string of the molecule is Nc1ccc2oc(NCCCn3ccnc3)nc2c1. The van der Waals surface area contributed by atoms with E-state index in [1.54, 1.807) is 18.3 Å². The third-order valence-electron chi connectivity index (χ3n) is 2.84. The average Bonchev–Trinajstić information content (AvgIpc) is 3.02. The zero-order valence-electron chi connectivity index (χ0n) is 10.4. The molecule has 98 valence electrons. The molecule has 0 atom stereocenters. The van der Waals surface area contributed by atoms with Gasteiger partial charge >= 0.3 is 0 Å². The molecule has 0 aliphatic carbocycles. The lowest BCUT2D eigenvalue weighted by Gasteiger charge is -2.02. The van der Waals surface area contributed by atoms with Crippen molar-refractivity contribution in [3.63, 3.8) is 0 Å². The second-order valence-electron chi connectivity index (χ2n) is 4.33. The van der Waals surface area contributed by atoms with E-state index in [9.17, 15) is 0 Å². The van der Waals surface area contributed by atoms with E-state index in [0.717, 1.165) is 30.6 Å². The fourth-order valence-electron chi connectivity index (χ4n) is 1.90. The summed E-state index contributed by atoms with van der Waals surface area (Å²) in [6, 6.07) is 5.96. The Morgan fingerprint density at radius 2 is 2.32 bits per heavy atom. The lowest BCUT2D eigenvalue weighted by molar-refractivity contribution is 0.601. The van der Waals surface area contributed by atoms with Crippen molar-refractivity contribution in [2.24, 2.45) is 0 Å². The topological polar surface area (TPSA) is 81.9 Å². The number of aryl methyl sites for hydroxylation is 1. The second kappa shape index (κ2) is 5.01. The van der Waals surface area contributed by atoms with E-state index < -0.39 is 0 Å². The van der Waals surface area contributed by atoms with Crippen LogP contribution >= 0.6 is 0 Å². The number of oxazole rings is 1. The predicted octanol–water partition coefficient (Wildman–Crippen LogP) is 2.11. The summed E-state index contributed by atoms with van der Waals surface area (Å²) >= 11 is 0. The highest BCUT2D eigenvalue weighted by Gasteiger charge is 2.04. The number of benzene rings is 1. The van der Waals surface area contributed by atoms with E-state index in [1.807, 2.05) is 23.2 Å². The molecule has 0 spiro atoms. The van der Waals surface area contributed by atoms with Gasteiger partial charge in [-0.05, 0) is 24.6 Å². The summed E-state index contributed by atoms with van der Waals surface area (Å²) in [4.78, 5) is 8.33. The molecule has 0 fully saturated rings. The number of hydrogen-bond acceptors (Lipinski definition) is 5. The predicted molar refractivity (Wildman–Crippen MR) is 73.8 cm³/mol. The molecule has 0 aliphatic heterocycles. The summed E-state index contributed by atoms with van der Waals surface area (Å²) in [6.07, 6.45) is 6.50. The first-order chi connectivity index (χ1) is 9.31. The minimum Gasteiger partial charge on any atom is -0.424 e. The van der Waals surface area contributed by atoms with E-state index in [0.29, 0.717) is 11.7 Å². The van der Waals surface area contributed by atoms with Crippen molar-refractivity contribution in [1.29, 1.82) is 0 Å². The molecule has 0 amide bonds. The maximum Gasteiger partial charge on any atom is 0.295 e. The molecule has 6 heteroatoms. The van der Waals surface area contributed by atoms with Crippen LogP contribution < -0.4 is 11.1 Å². The summed E-state index contributed by atoms with van der Waals surface area (Å²) in [7, 11) is 0. The number of nitrogen functional groups attached to an aromatic ring is 1. The van der Waals surface area contributed by atoms with Gasteiger partial charge in [0.05, 0.1) is 6.33 Å². The van der Waals surface area contributed by atoms with Gasteiger partial charge in [0.15, 0.2) is 5.58 Å². The van der Waals surface area contributed by atoms with Gasteiger partial charge in [0.1, 0.15) is 5.52 Å². The van der Waals surface area contributed by atoms with E-state index >= 15 is 0 Å². The quantitative estimate of drug-likeness (QED) is 0.540. The van der Waals surface area contributed by atoms with Gasteiger partial charge in [0.25, 0.3) is 6.01 Å². The Morgan fingerprint density at radius 3 is 3.16 bits per heavy atom. The molecule has 0 aliphatic rings. The maximum absolute atomic E-state index is 5.70. The molecule has 0 saturated heterocycles. The fourth-order valence-corrected chi connectivity index (χ4v) is 1.90. The van der Waals surface area contributed by atoms with Crippen molar-refractivity contribution < 1.29 is 4.42 Å². The van der Waals surface area contributed by atoms with Crippen molar-refractivity contribution in [3.05, 3.63) is 36.9 Å². The van der Waals surface area contributed by atoms with Gasteiger partial charge in [0, 0.05) is 31.2 Å². The average molecular weight is 257 g/mol. The number of nitrogens with two attached hydrogens (primary N) is 1. The van der Waals surface area contributed by atoms with Gasteiger partial charge in [-0.15, -0.1) is 0 Å². The molecule has 0 bridgehead atoms. The van der Waals surface area contributed by atoms with Crippen LogP contribution in [-0.2, 0) is 6.54 Å². The van der Waals surface area contributed by atoms with Gasteiger partial charge in [0.2, 0.25) is 0 Å². The number of anilines is 2. The van der Waals surface area contributed by atoms with Crippen LogP contribution in [0.25, 0.3) is 11.1 Å². The van der Waals surface area contributed by atoms with E-state index in [4.69, 9.17) is 10.2 Å². The lowest BCUT2D eigenvalue weighted by atomic mass is 10.3. The molecule has 0 saturated carbocycles. The highest BCUT2D eigenvalue weighted by atomic mass is 16.4. The largest absolute Gasteiger partial charge is 0.424 e. The first kappa shape index (κ1) is 11.6. The molecular weight excluding hydrogens is 242 g/mol. The number of hydrogen-bond donors (Lipinski definition) is 2. The number of aromatic nitrogens is 3. The lowest BCUT2D eigenvalue weighted by Crippen LogP contribution is -2.05. The van der Waals surface area contributed by atoms with Gasteiger partial charge in [-0.1, -0.05) is 0 Å². The van der Waals surface area contributed by atoms with Crippen LogP contribution in [0.1, 0.15) is 6.42 Å². The Labute approximate surface area is 110 Å². The van der Waals surface area contributed by atoms with Crippen molar-refractivity contribution in [3.8, 4) is 0 Å². The monoisotopic (exact) mass is 257 g/mol. The van der Waals surface area contributed by atoms with Gasteiger partial charge in [-0.2, -0.15) is 4.98 Å². The van der Waals surface area contributed by atoms with E-state index in [1.165, 1.54) is 0 Å². The molecule has 3 aromatic rings. The zero-order valence-corrected chi connectivity index (χ0v) is 10.4. The number of imidazole rings is 1. The normalized spacial score (nSPS) is 10.9. The zero-order chi connectivity index (χ0) is 13.1. The van der Waals surface area contributed by atoms with Crippen LogP contribution in [0.15, 0.2) is 41.3 Å². The minimum atomic E-state index is 0.534. The summed E-state index contributed by atoms with van der Waals surface area (Å²) in [5, 5.41) is 3.16. The maximum atomic E-state index is 5.70. The van der Waals surface area contributed by atoms with Gasteiger partial charge in [-0.3, -0.25) is 0 Å². The third kappa shape index (κ3) is 2.67. The fraction of sp³-hybridized carbons (Fsp3) is 0.231. The molecule has 2 heterocycles. The number of nitrogens with one attached hydrogen (secondary N) is 1. The van der Waals surface area contributed by atoms with Crippen LogP contribution in [-0.4, -0.2) is 21.1 Å². The summed E-state index contributed by atoms with van der Waals surface area (Å²) < 4.78 is 7.60. The number of fused-ring (bicyclic) bond motifs is 1. The van der Waals surface area contributed by atoms with E-state index in [-0.39, 0.29) is 0 Å². The standard InChI is InChI=1S/C13H15N5O/c14-10-2-3-12-11(8-10)17-13(19-12)16-4-1-6-18-7-5-15-9-18/h2-3,5,7-9H,1,4,6,14H2,(H,16,17). The Bertz CT molecular complexity index is 659. The van der Waals surface area contributed by atoms with Crippen molar-refractivity contribution >= 4 is 22.8 Å². The summed E-state index contributed by atoms with van der Waals surface area (Å²) in [6.45, 7) is 1.71. The van der Waals surface area contributed by atoms with Crippen molar-refractivity contribution in [2.75, 3.05) is 17.6 Å². The smallest absolute Gasteiger partial charge is 0.295 e. The molecular formula is C13H15N5O. The van der Waals surface area contributed by atoms with Crippen LogP contribution in [0, 0.1) is 0 Å². The molecule has 1 aromatic carbocycles. The summed E-state index contributed by atoms with van der Waals surface area (Å²) in [5.74, 6) is 0. The Hall–Kier alpha value is -2.50. The van der Waals surface area contributed by atoms with Crippen LogP contribution in [0.3, 0.4) is 0 Å². The Balaban J connectivity index is 1.56. The third-order valence-corrected chi connectivity index (χ3v) is 2.84.